The summed E-state index contributed by atoms with van der Waals surface area (Å²) in [5.41, 5.74) is 7.46. The van der Waals surface area contributed by atoms with Gasteiger partial charge in [-0.15, -0.1) is 12.4 Å². The molecule has 0 unspecified atom stereocenters. The molecule has 0 bridgehead atoms. The van der Waals surface area contributed by atoms with Gasteiger partial charge in [0.25, 0.3) is 0 Å². The Morgan fingerprint density at radius 3 is 2.50 bits per heavy atom. The smallest absolute Gasteiger partial charge is 0.229 e. The molecule has 0 radical (unpaired) electrons. The lowest BCUT2D eigenvalue weighted by Gasteiger charge is -2.13. The van der Waals surface area contributed by atoms with Gasteiger partial charge in [-0.25, -0.2) is 8.42 Å². The Labute approximate surface area is 113 Å². The van der Waals surface area contributed by atoms with E-state index in [-0.39, 0.29) is 12.4 Å². The molecule has 0 heterocycles. The molecule has 0 fully saturated rings. The van der Waals surface area contributed by atoms with Crippen LogP contribution in [0.3, 0.4) is 0 Å². The summed E-state index contributed by atoms with van der Waals surface area (Å²) < 4.78 is 30.0. The van der Waals surface area contributed by atoms with Crippen molar-refractivity contribution in [3.8, 4) is 5.75 Å². The third kappa shape index (κ3) is 4.21. The molecule has 5 nitrogen and oxygen atoms in total. The van der Waals surface area contributed by atoms with Crippen molar-refractivity contribution < 1.29 is 13.2 Å². The number of nitrogens with two attached hydrogens (primary N) is 1. The number of hydrogen-bond donors (Lipinski definition) is 2. The number of sulfonamides is 1. The average Bonchev–Trinajstić information content (AvgIpc) is 2.26. The number of hydrogen-bond acceptors (Lipinski definition) is 4. The van der Waals surface area contributed by atoms with Gasteiger partial charge >= 0.3 is 0 Å². The topological polar surface area (TPSA) is 81.4 Å². The Morgan fingerprint density at radius 1 is 1.50 bits per heavy atom. The minimum atomic E-state index is -3.34. The van der Waals surface area contributed by atoms with Gasteiger partial charge in [-0.05, 0) is 11.6 Å². The fraction of sp³-hybridized carbons (Fsp3) is 0.273. The van der Waals surface area contributed by atoms with Crippen molar-refractivity contribution in [3.05, 3.63) is 29.8 Å². The molecule has 0 aromatic heterocycles. The van der Waals surface area contributed by atoms with Crippen molar-refractivity contribution >= 4 is 34.2 Å². The van der Waals surface area contributed by atoms with Gasteiger partial charge in [0.1, 0.15) is 5.75 Å². The lowest BCUT2D eigenvalue weighted by molar-refractivity contribution is 0.410. The maximum absolute atomic E-state index is 11.2. The maximum atomic E-state index is 11.2. The van der Waals surface area contributed by atoms with E-state index in [4.69, 9.17) is 10.5 Å². The van der Waals surface area contributed by atoms with Crippen molar-refractivity contribution in [2.75, 3.05) is 18.1 Å². The average molecular weight is 293 g/mol. The highest BCUT2D eigenvalue weighted by Gasteiger charge is 2.10. The Balaban J connectivity index is 0.00000289. The number of halogens is 1. The summed E-state index contributed by atoms with van der Waals surface area (Å²) in [5, 5.41) is 0. The van der Waals surface area contributed by atoms with Gasteiger partial charge in [-0.1, -0.05) is 12.7 Å². The first-order chi connectivity index (χ1) is 7.91. The quantitative estimate of drug-likeness (QED) is 0.863. The van der Waals surface area contributed by atoms with Gasteiger partial charge in [0.2, 0.25) is 10.0 Å². The van der Waals surface area contributed by atoms with E-state index >= 15 is 0 Å². The zero-order chi connectivity index (χ0) is 13.1. The van der Waals surface area contributed by atoms with Gasteiger partial charge in [-0.2, -0.15) is 0 Å². The second kappa shape index (κ2) is 6.63. The van der Waals surface area contributed by atoms with Gasteiger partial charge in [-0.3, -0.25) is 4.72 Å². The predicted molar refractivity (Wildman–Crippen MR) is 76.7 cm³/mol. The molecule has 0 spiro atoms. The van der Waals surface area contributed by atoms with Crippen molar-refractivity contribution in [3.63, 3.8) is 0 Å². The zero-order valence-corrected chi connectivity index (χ0v) is 11.9. The third-order valence-corrected chi connectivity index (χ3v) is 2.78. The largest absolute Gasteiger partial charge is 0.496 e. The van der Waals surface area contributed by atoms with E-state index in [1.165, 1.54) is 7.11 Å². The normalized spacial score (nSPS) is 10.4. The lowest BCUT2D eigenvalue weighted by atomic mass is 10.1. The highest BCUT2D eigenvalue weighted by molar-refractivity contribution is 7.92. The van der Waals surface area contributed by atoms with E-state index in [9.17, 15) is 8.42 Å². The number of nitrogens with one attached hydrogen (secondary N) is 1. The molecule has 0 aliphatic carbocycles. The Kier molecular flexibility index (Phi) is 6.17. The molecule has 102 valence electrons. The number of benzene rings is 1. The molecule has 0 amide bonds. The molecule has 0 atom stereocenters. The molecule has 7 heteroatoms. The standard InChI is InChI=1S/C11H16N2O3S.ClH/c1-4-8-5-9(7-12)11(16-2)6-10(8)13-17(3,14)15;/h4-6,13H,1,7,12H2,2-3H3;1H. The summed E-state index contributed by atoms with van der Waals surface area (Å²) in [6, 6.07) is 3.35. The van der Waals surface area contributed by atoms with E-state index in [2.05, 4.69) is 11.3 Å². The Morgan fingerprint density at radius 2 is 2.11 bits per heavy atom. The van der Waals surface area contributed by atoms with Crippen LogP contribution in [0.2, 0.25) is 0 Å². The van der Waals surface area contributed by atoms with Crippen molar-refractivity contribution in [1.29, 1.82) is 0 Å². The van der Waals surface area contributed by atoms with Crippen LogP contribution in [0.5, 0.6) is 5.75 Å². The fourth-order valence-corrected chi connectivity index (χ4v) is 2.03. The second-order valence-electron chi connectivity index (χ2n) is 3.53. The molecular weight excluding hydrogens is 276 g/mol. The minimum Gasteiger partial charge on any atom is -0.496 e. The number of anilines is 1. The molecule has 0 aliphatic rings. The first-order valence-corrected chi connectivity index (χ1v) is 6.81. The van der Waals surface area contributed by atoms with Gasteiger partial charge in [0.05, 0.1) is 19.1 Å². The molecule has 0 saturated heterocycles. The lowest BCUT2D eigenvalue weighted by Crippen LogP contribution is -2.11. The summed E-state index contributed by atoms with van der Waals surface area (Å²) in [4.78, 5) is 0. The molecular formula is C11H17ClN2O3S. The Bertz CT molecular complexity index is 529. The van der Waals surface area contributed by atoms with Crippen LogP contribution in [-0.2, 0) is 16.6 Å². The predicted octanol–water partition coefficient (Wildman–Crippen LogP) is 1.59. The monoisotopic (exact) mass is 292 g/mol. The summed E-state index contributed by atoms with van der Waals surface area (Å²) in [7, 11) is -1.83. The molecule has 1 aromatic carbocycles. The van der Waals surface area contributed by atoms with Gasteiger partial charge < -0.3 is 10.5 Å². The Hall–Kier alpha value is -1.24. The van der Waals surface area contributed by atoms with Gasteiger partial charge in [0, 0.05) is 18.2 Å². The highest BCUT2D eigenvalue weighted by atomic mass is 35.5. The molecule has 18 heavy (non-hydrogen) atoms. The van der Waals surface area contributed by atoms with Gasteiger partial charge in [0.15, 0.2) is 0 Å². The van der Waals surface area contributed by atoms with Crippen LogP contribution in [0, 0.1) is 0 Å². The first kappa shape index (κ1) is 16.8. The van der Waals surface area contributed by atoms with E-state index < -0.39 is 10.0 Å². The summed E-state index contributed by atoms with van der Waals surface area (Å²) in [6.45, 7) is 3.94. The third-order valence-electron chi connectivity index (χ3n) is 2.19. The summed E-state index contributed by atoms with van der Waals surface area (Å²) in [5.74, 6) is 0.546. The van der Waals surface area contributed by atoms with Crippen LogP contribution in [0.4, 0.5) is 5.69 Å². The maximum Gasteiger partial charge on any atom is 0.229 e. The van der Waals surface area contributed by atoms with Crippen LogP contribution in [0.25, 0.3) is 6.08 Å². The SMILES string of the molecule is C=Cc1cc(CN)c(OC)cc1NS(C)(=O)=O.Cl. The summed E-state index contributed by atoms with van der Waals surface area (Å²) in [6.07, 6.45) is 2.65. The van der Waals surface area contributed by atoms with Crippen LogP contribution in [-0.4, -0.2) is 21.8 Å². The fourth-order valence-electron chi connectivity index (χ4n) is 1.45. The van der Waals surface area contributed by atoms with E-state index in [0.29, 0.717) is 23.5 Å². The molecule has 0 aliphatic heterocycles. The van der Waals surface area contributed by atoms with Crippen molar-refractivity contribution in [2.24, 2.45) is 5.73 Å². The van der Waals surface area contributed by atoms with E-state index in [0.717, 1.165) is 11.8 Å². The minimum absolute atomic E-state index is 0. The second-order valence-corrected chi connectivity index (χ2v) is 5.28. The molecule has 0 saturated carbocycles. The van der Waals surface area contributed by atoms with Crippen LogP contribution < -0.4 is 15.2 Å². The van der Waals surface area contributed by atoms with Crippen molar-refractivity contribution in [1.82, 2.24) is 0 Å². The number of rotatable bonds is 5. The van der Waals surface area contributed by atoms with E-state index in [1.54, 1.807) is 18.2 Å². The zero-order valence-electron chi connectivity index (χ0n) is 10.3. The molecule has 1 rings (SSSR count). The molecule has 1 aromatic rings. The number of ether oxygens (including phenoxy) is 1. The molecule has 3 N–H and O–H groups in total. The van der Waals surface area contributed by atoms with Crippen LogP contribution >= 0.6 is 12.4 Å². The summed E-state index contributed by atoms with van der Waals surface area (Å²) >= 11 is 0. The van der Waals surface area contributed by atoms with E-state index in [1.807, 2.05) is 0 Å². The highest BCUT2D eigenvalue weighted by Crippen LogP contribution is 2.28. The van der Waals surface area contributed by atoms with Crippen LogP contribution in [0.1, 0.15) is 11.1 Å². The van der Waals surface area contributed by atoms with Crippen LogP contribution in [0.15, 0.2) is 18.7 Å². The number of methoxy groups -OCH3 is 1. The van der Waals surface area contributed by atoms with Crippen molar-refractivity contribution in [2.45, 2.75) is 6.54 Å². The first-order valence-electron chi connectivity index (χ1n) is 4.92.